The molecule has 1 aromatic carbocycles. The van der Waals surface area contributed by atoms with Gasteiger partial charge in [0, 0.05) is 11.6 Å². The average molecular weight is 249 g/mol. The lowest BCUT2D eigenvalue weighted by molar-refractivity contribution is 0.326. The van der Waals surface area contributed by atoms with Gasteiger partial charge in [-0.15, -0.1) is 0 Å². The summed E-state index contributed by atoms with van der Waals surface area (Å²) >= 11 is 0. The standard InChI is InChI=1S/C16H27NO/c1-6-12(3)11-15(17-5)14-10-13(4)8-9-16(14)18-7-2/h8-10,12,15,17H,6-7,11H2,1-5H3. The minimum absolute atomic E-state index is 0.376. The number of ether oxygens (including phenoxy) is 1. The summed E-state index contributed by atoms with van der Waals surface area (Å²) in [5.74, 6) is 1.74. The van der Waals surface area contributed by atoms with Crippen molar-refractivity contribution >= 4 is 0 Å². The van der Waals surface area contributed by atoms with Gasteiger partial charge in [0.1, 0.15) is 5.75 Å². The first-order valence-corrected chi connectivity index (χ1v) is 7.02. The highest BCUT2D eigenvalue weighted by atomic mass is 16.5. The summed E-state index contributed by atoms with van der Waals surface area (Å²) in [5, 5.41) is 3.43. The zero-order valence-corrected chi connectivity index (χ0v) is 12.4. The molecule has 1 rings (SSSR count). The number of nitrogens with one attached hydrogen (secondary N) is 1. The van der Waals surface area contributed by atoms with Crippen LogP contribution in [0.5, 0.6) is 5.75 Å². The van der Waals surface area contributed by atoms with E-state index in [1.807, 2.05) is 14.0 Å². The Balaban J connectivity index is 2.98. The second-order valence-corrected chi connectivity index (χ2v) is 5.06. The Hall–Kier alpha value is -1.02. The first-order valence-electron chi connectivity index (χ1n) is 7.02. The highest BCUT2D eigenvalue weighted by Crippen LogP contribution is 2.31. The molecule has 0 bridgehead atoms. The summed E-state index contributed by atoms with van der Waals surface area (Å²) in [7, 11) is 2.03. The Bertz CT molecular complexity index is 362. The minimum Gasteiger partial charge on any atom is -0.494 e. The molecule has 1 N–H and O–H groups in total. The van der Waals surface area contributed by atoms with Gasteiger partial charge in [0.25, 0.3) is 0 Å². The molecule has 2 unspecified atom stereocenters. The van der Waals surface area contributed by atoms with Crippen LogP contribution in [0.15, 0.2) is 18.2 Å². The average Bonchev–Trinajstić information content (AvgIpc) is 2.38. The molecule has 2 atom stereocenters. The Kier molecular flexibility index (Phi) is 6.20. The zero-order valence-electron chi connectivity index (χ0n) is 12.4. The van der Waals surface area contributed by atoms with E-state index in [4.69, 9.17) is 4.74 Å². The molecular formula is C16H27NO. The van der Waals surface area contributed by atoms with Gasteiger partial charge in [-0.1, -0.05) is 38.0 Å². The van der Waals surface area contributed by atoms with Crippen LogP contribution in [0, 0.1) is 12.8 Å². The lowest BCUT2D eigenvalue weighted by Gasteiger charge is -2.23. The van der Waals surface area contributed by atoms with E-state index in [0.29, 0.717) is 6.04 Å². The predicted octanol–water partition coefficient (Wildman–Crippen LogP) is 4.09. The van der Waals surface area contributed by atoms with Crippen molar-refractivity contribution in [2.75, 3.05) is 13.7 Å². The molecule has 0 aliphatic heterocycles. The van der Waals surface area contributed by atoms with Gasteiger partial charge in [0.05, 0.1) is 6.61 Å². The van der Waals surface area contributed by atoms with E-state index in [1.54, 1.807) is 0 Å². The highest BCUT2D eigenvalue weighted by Gasteiger charge is 2.17. The molecular weight excluding hydrogens is 222 g/mol. The van der Waals surface area contributed by atoms with Crippen LogP contribution in [0.4, 0.5) is 0 Å². The van der Waals surface area contributed by atoms with E-state index in [9.17, 15) is 0 Å². The molecule has 1 aromatic rings. The molecule has 18 heavy (non-hydrogen) atoms. The summed E-state index contributed by atoms with van der Waals surface area (Å²) in [4.78, 5) is 0. The third kappa shape index (κ3) is 4.02. The second kappa shape index (κ2) is 7.42. The number of benzene rings is 1. The fourth-order valence-corrected chi connectivity index (χ4v) is 2.20. The van der Waals surface area contributed by atoms with Gasteiger partial charge in [-0.2, -0.15) is 0 Å². The van der Waals surface area contributed by atoms with Crippen LogP contribution in [0.1, 0.15) is 50.8 Å². The third-order valence-corrected chi connectivity index (χ3v) is 3.52. The largest absolute Gasteiger partial charge is 0.494 e. The van der Waals surface area contributed by atoms with Crippen LogP contribution in [0.2, 0.25) is 0 Å². The molecule has 0 aliphatic carbocycles. The lowest BCUT2D eigenvalue weighted by atomic mass is 9.93. The van der Waals surface area contributed by atoms with Crippen molar-refractivity contribution in [3.05, 3.63) is 29.3 Å². The normalized spacial score (nSPS) is 14.3. The van der Waals surface area contributed by atoms with Gasteiger partial charge >= 0.3 is 0 Å². The number of hydrogen-bond acceptors (Lipinski definition) is 2. The van der Waals surface area contributed by atoms with E-state index in [1.165, 1.54) is 17.5 Å². The van der Waals surface area contributed by atoms with Crippen molar-refractivity contribution in [1.29, 1.82) is 0 Å². The Morgan fingerprint density at radius 1 is 1.28 bits per heavy atom. The minimum atomic E-state index is 0.376. The molecule has 0 radical (unpaired) electrons. The molecule has 0 fully saturated rings. The lowest BCUT2D eigenvalue weighted by Crippen LogP contribution is -2.20. The predicted molar refractivity (Wildman–Crippen MR) is 78.2 cm³/mol. The van der Waals surface area contributed by atoms with Gasteiger partial charge in [-0.05, 0) is 39.3 Å². The molecule has 0 spiro atoms. The van der Waals surface area contributed by atoms with Crippen molar-refractivity contribution in [3.63, 3.8) is 0 Å². The number of aryl methyl sites for hydroxylation is 1. The van der Waals surface area contributed by atoms with E-state index < -0.39 is 0 Å². The second-order valence-electron chi connectivity index (χ2n) is 5.06. The summed E-state index contributed by atoms with van der Waals surface area (Å²) in [6, 6.07) is 6.83. The topological polar surface area (TPSA) is 21.3 Å². The third-order valence-electron chi connectivity index (χ3n) is 3.52. The summed E-state index contributed by atoms with van der Waals surface area (Å²) in [6.07, 6.45) is 2.37. The van der Waals surface area contributed by atoms with Crippen molar-refractivity contribution in [3.8, 4) is 5.75 Å². The van der Waals surface area contributed by atoms with Gasteiger partial charge in [-0.3, -0.25) is 0 Å². The fourth-order valence-electron chi connectivity index (χ4n) is 2.20. The molecule has 0 aliphatic rings. The Morgan fingerprint density at radius 3 is 2.56 bits per heavy atom. The Labute approximate surface area is 112 Å². The molecule has 0 saturated heterocycles. The summed E-state index contributed by atoms with van der Waals surface area (Å²) in [6.45, 7) is 9.44. The summed E-state index contributed by atoms with van der Waals surface area (Å²) < 4.78 is 5.75. The molecule has 0 amide bonds. The maximum absolute atomic E-state index is 5.75. The number of rotatable bonds is 7. The van der Waals surface area contributed by atoms with Gasteiger partial charge in [-0.25, -0.2) is 0 Å². The van der Waals surface area contributed by atoms with E-state index in [-0.39, 0.29) is 0 Å². The molecule has 102 valence electrons. The molecule has 0 saturated carbocycles. The van der Waals surface area contributed by atoms with Crippen LogP contribution < -0.4 is 10.1 Å². The fraction of sp³-hybridized carbons (Fsp3) is 0.625. The molecule has 2 heteroatoms. The first-order chi connectivity index (χ1) is 8.62. The van der Waals surface area contributed by atoms with E-state index >= 15 is 0 Å². The van der Waals surface area contributed by atoms with Crippen LogP contribution in [-0.2, 0) is 0 Å². The monoisotopic (exact) mass is 249 g/mol. The maximum atomic E-state index is 5.75. The van der Waals surface area contributed by atoms with Crippen LogP contribution in [-0.4, -0.2) is 13.7 Å². The molecule has 0 aromatic heterocycles. The van der Waals surface area contributed by atoms with Crippen molar-refractivity contribution in [2.45, 2.75) is 46.6 Å². The van der Waals surface area contributed by atoms with Gasteiger partial charge in [0.15, 0.2) is 0 Å². The number of hydrogen-bond donors (Lipinski definition) is 1. The summed E-state index contributed by atoms with van der Waals surface area (Å²) in [5.41, 5.74) is 2.58. The van der Waals surface area contributed by atoms with Gasteiger partial charge < -0.3 is 10.1 Å². The molecule has 2 nitrogen and oxygen atoms in total. The quantitative estimate of drug-likeness (QED) is 0.786. The SMILES string of the molecule is CCOc1ccc(C)cc1C(CC(C)CC)NC. The van der Waals surface area contributed by atoms with E-state index in [2.05, 4.69) is 44.3 Å². The van der Waals surface area contributed by atoms with Crippen molar-refractivity contribution in [2.24, 2.45) is 5.92 Å². The van der Waals surface area contributed by atoms with Crippen molar-refractivity contribution in [1.82, 2.24) is 5.32 Å². The Morgan fingerprint density at radius 2 is 2.00 bits per heavy atom. The van der Waals surface area contributed by atoms with Crippen LogP contribution in [0.3, 0.4) is 0 Å². The highest BCUT2D eigenvalue weighted by molar-refractivity contribution is 5.39. The first kappa shape index (κ1) is 15.0. The van der Waals surface area contributed by atoms with Gasteiger partial charge in [0.2, 0.25) is 0 Å². The van der Waals surface area contributed by atoms with Crippen molar-refractivity contribution < 1.29 is 4.74 Å². The van der Waals surface area contributed by atoms with E-state index in [0.717, 1.165) is 24.7 Å². The van der Waals surface area contributed by atoms with Crippen LogP contribution in [0.25, 0.3) is 0 Å². The molecule has 0 heterocycles. The zero-order chi connectivity index (χ0) is 13.5. The smallest absolute Gasteiger partial charge is 0.124 e. The maximum Gasteiger partial charge on any atom is 0.124 e. The van der Waals surface area contributed by atoms with Crippen LogP contribution >= 0.6 is 0 Å².